The van der Waals surface area contributed by atoms with Gasteiger partial charge in [-0.3, -0.25) is 0 Å². The number of hydrogen-bond donors (Lipinski definition) is 0. The first-order valence-electron chi connectivity index (χ1n) is 5.71. The Balaban J connectivity index is 2.23. The summed E-state index contributed by atoms with van der Waals surface area (Å²) in [4.78, 5) is 0. The summed E-state index contributed by atoms with van der Waals surface area (Å²) in [6.45, 7) is 2.18. The largest absolute Gasteiger partial charge is 0.0795 e. The van der Waals surface area contributed by atoms with Crippen molar-refractivity contribution in [1.29, 1.82) is 0 Å². The van der Waals surface area contributed by atoms with E-state index in [0.717, 1.165) is 6.42 Å². The van der Waals surface area contributed by atoms with Crippen LogP contribution in [0.4, 0.5) is 0 Å². The Kier molecular flexibility index (Phi) is 2.14. The van der Waals surface area contributed by atoms with Gasteiger partial charge in [0.1, 0.15) is 0 Å². The first-order chi connectivity index (χ1) is 7.86. The zero-order valence-corrected chi connectivity index (χ0v) is 9.40. The third-order valence-corrected chi connectivity index (χ3v) is 3.27. The van der Waals surface area contributed by atoms with E-state index in [1.165, 1.54) is 27.8 Å². The lowest BCUT2D eigenvalue weighted by Crippen LogP contribution is -1.90. The molecule has 1 aliphatic carbocycles. The van der Waals surface area contributed by atoms with Crippen LogP contribution in [0.1, 0.15) is 16.7 Å². The minimum Gasteiger partial charge on any atom is -0.0795 e. The van der Waals surface area contributed by atoms with Crippen molar-refractivity contribution in [3.8, 4) is 11.1 Å². The van der Waals surface area contributed by atoms with Crippen LogP contribution >= 0.6 is 0 Å². The molecule has 3 rings (SSSR count). The van der Waals surface area contributed by atoms with Crippen molar-refractivity contribution in [2.45, 2.75) is 13.3 Å². The van der Waals surface area contributed by atoms with Crippen molar-refractivity contribution in [3.05, 3.63) is 65.2 Å². The van der Waals surface area contributed by atoms with E-state index in [1.807, 2.05) is 0 Å². The SMILES string of the molecule is Cc1ccccc1-c1cccc2c1CC=C2. The lowest BCUT2D eigenvalue weighted by Gasteiger charge is -2.11. The first kappa shape index (κ1) is 9.41. The molecule has 0 saturated heterocycles. The van der Waals surface area contributed by atoms with E-state index < -0.39 is 0 Å². The standard InChI is InChI=1S/C16H14/c1-12-6-2-3-9-14(12)16-11-5-8-13-7-4-10-15(13)16/h2-9,11H,10H2,1H3. The molecule has 16 heavy (non-hydrogen) atoms. The molecule has 0 heterocycles. The zero-order valence-electron chi connectivity index (χ0n) is 9.40. The molecule has 1 aliphatic rings. The molecule has 2 aromatic rings. The highest BCUT2D eigenvalue weighted by Crippen LogP contribution is 2.32. The number of benzene rings is 2. The molecule has 0 saturated carbocycles. The van der Waals surface area contributed by atoms with Crippen LogP contribution < -0.4 is 0 Å². The molecule has 2 aromatic carbocycles. The van der Waals surface area contributed by atoms with Gasteiger partial charge in [0.25, 0.3) is 0 Å². The van der Waals surface area contributed by atoms with Crippen LogP contribution in [0.2, 0.25) is 0 Å². The molecule has 0 aliphatic heterocycles. The number of aryl methyl sites for hydroxylation is 1. The summed E-state index contributed by atoms with van der Waals surface area (Å²) >= 11 is 0. The summed E-state index contributed by atoms with van der Waals surface area (Å²) in [5.74, 6) is 0. The van der Waals surface area contributed by atoms with Gasteiger partial charge < -0.3 is 0 Å². The number of hydrogen-bond acceptors (Lipinski definition) is 0. The molecule has 0 heteroatoms. The second-order valence-corrected chi connectivity index (χ2v) is 4.29. The van der Waals surface area contributed by atoms with Crippen LogP contribution in [0.25, 0.3) is 17.2 Å². The maximum Gasteiger partial charge on any atom is -0.00820 e. The number of fused-ring (bicyclic) bond motifs is 1. The van der Waals surface area contributed by atoms with Crippen LogP contribution in [-0.2, 0) is 6.42 Å². The smallest absolute Gasteiger partial charge is 0.00820 e. The van der Waals surface area contributed by atoms with E-state index in [9.17, 15) is 0 Å². The second-order valence-electron chi connectivity index (χ2n) is 4.29. The molecule has 0 nitrogen and oxygen atoms in total. The van der Waals surface area contributed by atoms with E-state index in [1.54, 1.807) is 0 Å². The van der Waals surface area contributed by atoms with Gasteiger partial charge in [0.15, 0.2) is 0 Å². The summed E-state index contributed by atoms with van der Waals surface area (Å²) in [7, 11) is 0. The Labute approximate surface area is 96.3 Å². The molecule has 0 atom stereocenters. The molecule has 0 spiro atoms. The molecular weight excluding hydrogens is 192 g/mol. The summed E-state index contributed by atoms with van der Waals surface area (Å²) in [5.41, 5.74) is 6.95. The van der Waals surface area contributed by atoms with Crippen molar-refractivity contribution in [1.82, 2.24) is 0 Å². The molecule has 0 N–H and O–H groups in total. The summed E-state index contributed by atoms with van der Waals surface area (Å²) in [6, 6.07) is 15.2. The average molecular weight is 206 g/mol. The lowest BCUT2D eigenvalue weighted by molar-refractivity contribution is 1.30. The van der Waals surface area contributed by atoms with Gasteiger partial charge in [-0.15, -0.1) is 0 Å². The lowest BCUT2D eigenvalue weighted by atomic mass is 9.94. The fourth-order valence-corrected chi connectivity index (χ4v) is 2.42. The molecule has 0 unspecified atom stereocenters. The number of rotatable bonds is 1. The van der Waals surface area contributed by atoms with E-state index >= 15 is 0 Å². The Morgan fingerprint density at radius 3 is 2.56 bits per heavy atom. The minimum atomic E-state index is 1.07. The Bertz CT molecular complexity index is 562. The van der Waals surface area contributed by atoms with Crippen molar-refractivity contribution in [3.63, 3.8) is 0 Å². The second kappa shape index (κ2) is 3.64. The van der Waals surface area contributed by atoms with Gasteiger partial charge in [-0.05, 0) is 41.2 Å². The van der Waals surface area contributed by atoms with Crippen LogP contribution in [0, 0.1) is 6.92 Å². The Morgan fingerprint density at radius 1 is 0.875 bits per heavy atom. The molecule has 78 valence electrons. The van der Waals surface area contributed by atoms with Crippen LogP contribution in [0.5, 0.6) is 0 Å². The van der Waals surface area contributed by atoms with Crippen LogP contribution in [0.3, 0.4) is 0 Å². The first-order valence-corrected chi connectivity index (χ1v) is 5.71. The van der Waals surface area contributed by atoms with Crippen molar-refractivity contribution in [2.75, 3.05) is 0 Å². The Hall–Kier alpha value is -1.82. The van der Waals surface area contributed by atoms with Crippen molar-refractivity contribution in [2.24, 2.45) is 0 Å². The van der Waals surface area contributed by atoms with Gasteiger partial charge in [-0.1, -0.05) is 54.6 Å². The molecule has 0 fully saturated rings. The quantitative estimate of drug-likeness (QED) is 0.655. The predicted molar refractivity (Wildman–Crippen MR) is 69.4 cm³/mol. The maximum absolute atomic E-state index is 2.24. The fraction of sp³-hybridized carbons (Fsp3) is 0.125. The molecule has 0 bridgehead atoms. The van der Waals surface area contributed by atoms with E-state index in [-0.39, 0.29) is 0 Å². The summed E-state index contributed by atoms with van der Waals surface area (Å²) in [5, 5.41) is 0. The minimum absolute atomic E-state index is 1.07. The average Bonchev–Trinajstić information content (AvgIpc) is 2.77. The van der Waals surface area contributed by atoms with Gasteiger partial charge >= 0.3 is 0 Å². The van der Waals surface area contributed by atoms with Gasteiger partial charge in [0.05, 0.1) is 0 Å². The molecule has 0 radical (unpaired) electrons. The molecule has 0 aromatic heterocycles. The third-order valence-electron chi connectivity index (χ3n) is 3.27. The van der Waals surface area contributed by atoms with Crippen molar-refractivity contribution >= 4 is 6.08 Å². The van der Waals surface area contributed by atoms with Gasteiger partial charge in [-0.25, -0.2) is 0 Å². The molecular formula is C16H14. The van der Waals surface area contributed by atoms with Crippen molar-refractivity contribution < 1.29 is 0 Å². The van der Waals surface area contributed by atoms with E-state index in [0.29, 0.717) is 0 Å². The predicted octanol–water partition coefficient (Wildman–Crippen LogP) is 4.23. The molecule has 0 amide bonds. The van der Waals surface area contributed by atoms with E-state index in [4.69, 9.17) is 0 Å². The third kappa shape index (κ3) is 1.38. The number of allylic oxidation sites excluding steroid dienone is 1. The van der Waals surface area contributed by atoms with Gasteiger partial charge in [0, 0.05) is 0 Å². The van der Waals surface area contributed by atoms with Gasteiger partial charge in [0.2, 0.25) is 0 Å². The van der Waals surface area contributed by atoms with Crippen LogP contribution in [-0.4, -0.2) is 0 Å². The maximum atomic E-state index is 2.24. The van der Waals surface area contributed by atoms with Crippen LogP contribution in [0.15, 0.2) is 48.5 Å². The Morgan fingerprint density at radius 2 is 1.69 bits per heavy atom. The highest BCUT2D eigenvalue weighted by Gasteiger charge is 2.11. The normalized spacial score (nSPS) is 12.8. The highest BCUT2D eigenvalue weighted by atomic mass is 14.2. The van der Waals surface area contributed by atoms with Gasteiger partial charge in [-0.2, -0.15) is 0 Å². The highest BCUT2D eigenvalue weighted by molar-refractivity contribution is 5.77. The summed E-state index contributed by atoms with van der Waals surface area (Å²) in [6.07, 6.45) is 5.53. The summed E-state index contributed by atoms with van der Waals surface area (Å²) < 4.78 is 0. The fourth-order valence-electron chi connectivity index (χ4n) is 2.42. The zero-order chi connectivity index (χ0) is 11.0. The monoisotopic (exact) mass is 206 g/mol. The topological polar surface area (TPSA) is 0 Å². The van der Waals surface area contributed by atoms with E-state index in [2.05, 4.69) is 61.5 Å².